The molecule has 7 heteroatoms. The number of halogens is 1. The molecule has 1 heterocycles. The van der Waals surface area contributed by atoms with Gasteiger partial charge in [-0.25, -0.2) is 0 Å². The Morgan fingerprint density at radius 1 is 1.25 bits per heavy atom. The van der Waals surface area contributed by atoms with Crippen LogP contribution in [0.25, 0.3) is 0 Å². The number of likely N-dealkylation sites (N-methyl/N-ethyl adjacent to an activating group) is 1. The number of rotatable bonds is 9. The minimum absolute atomic E-state index is 0. The van der Waals surface area contributed by atoms with Crippen molar-refractivity contribution in [2.75, 3.05) is 39.8 Å². The van der Waals surface area contributed by atoms with E-state index in [0.29, 0.717) is 25.6 Å². The number of nitrogens with zero attached hydrogens (tertiary/aromatic N) is 3. The van der Waals surface area contributed by atoms with Crippen molar-refractivity contribution in [3.05, 3.63) is 35.9 Å². The number of aliphatic imine (C=N–C) groups is 1. The van der Waals surface area contributed by atoms with Crippen molar-refractivity contribution in [3.63, 3.8) is 0 Å². The summed E-state index contributed by atoms with van der Waals surface area (Å²) >= 11 is 0. The molecule has 0 saturated carbocycles. The summed E-state index contributed by atoms with van der Waals surface area (Å²) in [4.78, 5) is 21.4. The number of likely N-dealkylation sites (tertiary alicyclic amines) is 1. The molecule has 1 aliphatic heterocycles. The van der Waals surface area contributed by atoms with E-state index >= 15 is 0 Å². The Morgan fingerprint density at radius 3 is 2.68 bits per heavy atom. The van der Waals surface area contributed by atoms with E-state index in [1.807, 2.05) is 37.4 Å². The summed E-state index contributed by atoms with van der Waals surface area (Å²) in [6.07, 6.45) is 2.94. The first kappa shape index (κ1) is 24.7. The van der Waals surface area contributed by atoms with E-state index in [4.69, 9.17) is 4.99 Å². The number of hydrogen-bond acceptors (Lipinski definition) is 3. The van der Waals surface area contributed by atoms with E-state index in [0.717, 1.165) is 31.2 Å². The molecule has 0 radical (unpaired) electrons. The molecule has 6 nitrogen and oxygen atoms in total. The van der Waals surface area contributed by atoms with Crippen LogP contribution in [0.4, 0.5) is 0 Å². The van der Waals surface area contributed by atoms with Crippen molar-refractivity contribution < 1.29 is 4.79 Å². The van der Waals surface area contributed by atoms with Gasteiger partial charge in [0.05, 0.1) is 6.54 Å². The van der Waals surface area contributed by atoms with E-state index in [1.54, 1.807) is 4.90 Å². The molecule has 2 rings (SSSR count). The summed E-state index contributed by atoms with van der Waals surface area (Å²) < 4.78 is 0. The Labute approximate surface area is 187 Å². The van der Waals surface area contributed by atoms with Crippen molar-refractivity contribution in [2.24, 2.45) is 4.99 Å². The van der Waals surface area contributed by atoms with E-state index in [-0.39, 0.29) is 29.9 Å². The van der Waals surface area contributed by atoms with Crippen LogP contribution in [0.5, 0.6) is 0 Å². The first-order valence-corrected chi connectivity index (χ1v) is 10.2. The zero-order chi connectivity index (χ0) is 19.5. The largest absolute Gasteiger partial charge is 0.357 e. The molecule has 0 aromatic heterocycles. The van der Waals surface area contributed by atoms with Gasteiger partial charge in [0.15, 0.2) is 5.96 Å². The van der Waals surface area contributed by atoms with Gasteiger partial charge in [-0.3, -0.25) is 14.7 Å². The molecule has 0 bridgehead atoms. The van der Waals surface area contributed by atoms with Crippen LogP contribution in [0.1, 0.15) is 38.7 Å². The first-order valence-electron chi connectivity index (χ1n) is 10.2. The summed E-state index contributed by atoms with van der Waals surface area (Å²) in [6, 6.07) is 10.6. The molecule has 1 atom stereocenters. The predicted octanol–water partition coefficient (Wildman–Crippen LogP) is 2.69. The quantitative estimate of drug-likeness (QED) is 0.311. The summed E-state index contributed by atoms with van der Waals surface area (Å²) in [5, 5.41) is 6.58. The van der Waals surface area contributed by atoms with Crippen LogP contribution >= 0.6 is 24.0 Å². The minimum Gasteiger partial charge on any atom is -0.357 e. The highest BCUT2D eigenvalue weighted by atomic mass is 127. The summed E-state index contributed by atoms with van der Waals surface area (Å²) in [5.74, 6) is 0.939. The van der Waals surface area contributed by atoms with E-state index < -0.39 is 0 Å². The first-order chi connectivity index (χ1) is 13.1. The lowest BCUT2D eigenvalue weighted by Gasteiger charge is -2.21. The summed E-state index contributed by atoms with van der Waals surface area (Å²) in [5.41, 5.74) is 1.15. The molecule has 1 unspecified atom stereocenters. The third kappa shape index (κ3) is 8.34. The molecule has 1 aromatic rings. The highest BCUT2D eigenvalue weighted by Gasteiger charge is 2.22. The average molecular weight is 501 g/mol. The van der Waals surface area contributed by atoms with Crippen LogP contribution in [0.2, 0.25) is 0 Å². The van der Waals surface area contributed by atoms with Gasteiger partial charge in [0.2, 0.25) is 5.91 Å². The van der Waals surface area contributed by atoms with Gasteiger partial charge in [0.1, 0.15) is 0 Å². The zero-order valence-corrected chi connectivity index (χ0v) is 19.8. The van der Waals surface area contributed by atoms with Gasteiger partial charge in [-0.05, 0) is 38.4 Å². The fourth-order valence-electron chi connectivity index (χ4n) is 3.48. The lowest BCUT2D eigenvalue weighted by Crippen LogP contribution is -2.40. The molecule has 0 spiro atoms. The molecule has 1 saturated heterocycles. The number of amides is 1. The van der Waals surface area contributed by atoms with Gasteiger partial charge in [-0.15, -0.1) is 24.0 Å². The van der Waals surface area contributed by atoms with Gasteiger partial charge in [-0.2, -0.15) is 0 Å². The van der Waals surface area contributed by atoms with Gasteiger partial charge >= 0.3 is 0 Å². The Bertz CT molecular complexity index is 596. The highest BCUT2D eigenvalue weighted by molar-refractivity contribution is 14.0. The fraction of sp³-hybridized carbons (Fsp3) is 0.619. The van der Waals surface area contributed by atoms with Crippen LogP contribution in [-0.2, 0) is 11.3 Å². The van der Waals surface area contributed by atoms with Crippen LogP contribution in [0.3, 0.4) is 0 Å². The SMILES string of the molecule is CCNC(=NCC1CCCN1CC)NCCC(=O)N(C)Cc1ccccc1.I. The van der Waals surface area contributed by atoms with Crippen LogP contribution in [0.15, 0.2) is 35.3 Å². The lowest BCUT2D eigenvalue weighted by molar-refractivity contribution is -0.130. The van der Waals surface area contributed by atoms with E-state index in [9.17, 15) is 4.79 Å². The maximum absolute atomic E-state index is 12.4. The van der Waals surface area contributed by atoms with Crippen molar-refractivity contribution in [2.45, 2.75) is 45.7 Å². The molecule has 0 aliphatic carbocycles. The second-order valence-corrected chi connectivity index (χ2v) is 7.06. The van der Waals surface area contributed by atoms with Crippen LogP contribution in [-0.4, -0.2) is 67.5 Å². The third-order valence-electron chi connectivity index (χ3n) is 5.03. The minimum atomic E-state index is 0. The van der Waals surface area contributed by atoms with Crippen molar-refractivity contribution in [3.8, 4) is 0 Å². The molecular weight excluding hydrogens is 465 g/mol. The van der Waals surface area contributed by atoms with Crippen molar-refractivity contribution in [1.82, 2.24) is 20.4 Å². The van der Waals surface area contributed by atoms with E-state index in [2.05, 4.69) is 29.4 Å². The van der Waals surface area contributed by atoms with E-state index in [1.165, 1.54) is 19.4 Å². The molecule has 158 valence electrons. The van der Waals surface area contributed by atoms with Gasteiger partial charge in [-0.1, -0.05) is 37.3 Å². The molecule has 1 aliphatic rings. The third-order valence-corrected chi connectivity index (χ3v) is 5.03. The Kier molecular flexibility index (Phi) is 12.1. The van der Waals surface area contributed by atoms with Gasteiger partial charge in [0.25, 0.3) is 0 Å². The molecule has 1 aromatic carbocycles. The number of carbonyl (C=O) groups excluding carboxylic acids is 1. The second kappa shape index (κ2) is 13.8. The molecule has 1 fully saturated rings. The molecule has 1 amide bonds. The standard InChI is InChI=1S/C21H35N5O.HI/c1-4-22-21(24-16-19-12-9-15-26(19)5-2)23-14-13-20(27)25(3)17-18-10-7-6-8-11-18;/h6-8,10-11,19H,4-5,9,12-17H2,1-3H3,(H2,22,23,24);1H. The van der Waals surface area contributed by atoms with Gasteiger partial charge in [0, 0.05) is 39.1 Å². The Hall–Kier alpha value is -1.35. The maximum Gasteiger partial charge on any atom is 0.224 e. The smallest absolute Gasteiger partial charge is 0.224 e. The number of nitrogens with one attached hydrogen (secondary N) is 2. The van der Waals surface area contributed by atoms with Crippen molar-refractivity contribution in [1.29, 1.82) is 0 Å². The van der Waals surface area contributed by atoms with Gasteiger partial charge < -0.3 is 15.5 Å². The number of guanidine groups is 1. The molecule has 28 heavy (non-hydrogen) atoms. The second-order valence-electron chi connectivity index (χ2n) is 7.06. The molecular formula is C21H36IN5O. The van der Waals surface area contributed by atoms with Crippen LogP contribution in [0, 0.1) is 0 Å². The normalized spacial score (nSPS) is 17.1. The lowest BCUT2D eigenvalue weighted by atomic mass is 10.2. The predicted molar refractivity (Wildman–Crippen MR) is 127 cm³/mol. The van der Waals surface area contributed by atoms with Crippen LogP contribution < -0.4 is 10.6 Å². The number of benzene rings is 1. The average Bonchev–Trinajstić information content (AvgIpc) is 3.14. The Balaban J connectivity index is 0.00000392. The highest BCUT2D eigenvalue weighted by Crippen LogP contribution is 2.16. The number of carbonyl (C=O) groups is 1. The summed E-state index contributed by atoms with van der Waals surface area (Å²) in [7, 11) is 1.86. The fourth-order valence-corrected chi connectivity index (χ4v) is 3.48. The summed E-state index contributed by atoms with van der Waals surface area (Å²) in [6.45, 7) is 9.40. The number of hydrogen-bond donors (Lipinski definition) is 2. The van der Waals surface area contributed by atoms with Crippen molar-refractivity contribution >= 4 is 35.8 Å². The maximum atomic E-state index is 12.4. The Morgan fingerprint density at radius 2 is 2.00 bits per heavy atom. The monoisotopic (exact) mass is 501 g/mol. The zero-order valence-electron chi connectivity index (χ0n) is 17.5. The molecule has 2 N–H and O–H groups in total. The topological polar surface area (TPSA) is 60.0 Å².